The Hall–Kier alpha value is -0.120. The first-order valence-corrected chi connectivity index (χ1v) is 7.23. The second-order valence-corrected chi connectivity index (χ2v) is 6.42. The van der Waals surface area contributed by atoms with Gasteiger partial charge in [-0.05, 0) is 65.7 Å². The lowest BCUT2D eigenvalue weighted by Gasteiger charge is -2.41. The SMILES string of the molecule is CC(C)(O)CN1CCC(N2CCCCC2)CC1. The van der Waals surface area contributed by atoms with E-state index in [0.29, 0.717) is 0 Å². The fraction of sp³-hybridized carbons (Fsp3) is 1.00. The van der Waals surface area contributed by atoms with Gasteiger partial charge < -0.3 is 14.9 Å². The summed E-state index contributed by atoms with van der Waals surface area (Å²) in [5.74, 6) is 0. The molecule has 3 heteroatoms. The molecule has 0 spiro atoms. The summed E-state index contributed by atoms with van der Waals surface area (Å²) >= 11 is 0. The molecule has 2 fully saturated rings. The average molecular weight is 240 g/mol. The first kappa shape index (κ1) is 13.3. The third-order valence-corrected chi connectivity index (χ3v) is 4.07. The highest BCUT2D eigenvalue weighted by molar-refractivity contribution is 4.83. The molecule has 2 heterocycles. The van der Waals surface area contributed by atoms with Crippen LogP contribution in [-0.2, 0) is 0 Å². The maximum absolute atomic E-state index is 9.83. The fourth-order valence-electron chi connectivity index (χ4n) is 3.27. The minimum absolute atomic E-state index is 0.544. The summed E-state index contributed by atoms with van der Waals surface area (Å²) in [6.45, 7) is 9.58. The highest BCUT2D eigenvalue weighted by atomic mass is 16.3. The molecule has 0 atom stereocenters. The van der Waals surface area contributed by atoms with E-state index in [1.165, 1.54) is 45.2 Å². The summed E-state index contributed by atoms with van der Waals surface area (Å²) in [6, 6.07) is 0.813. The minimum Gasteiger partial charge on any atom is -0.389 e. The molecule has 2 rings (SSSR count). The molecule has 0 radical (unpaired) electrons. The third kappa shape index (κ3) is 4.23. The topological polar surface area (TPSA) is 26.7 Å². The van der Waals surface area contributed by atoms with Crippen LogP contribution in [0.25, 0.3) is 0 Å². The molecule has 0 aromatic carbocycles. The normalized spacial score (nSPS) is 26.3. The van der Waals surface area contributed by atoms with Crippen molar-refractivity contribution >= 4 is 0 Å². The zero-order valence-corrected chi connectivity index (χ0v) is 11.5. The monoisotopic (exact) mass is 240 g/mol. The molecule has 2 saturated heterocycles. The number of hydrogen-bond donors (Lipinski definition) is 1. The van der Waals surface area contributed by atoms with E-state index in [-0.39, 0.29) is 0 Å². The molecule has 100 valence electrons. The predicted molar refractivity (Wildman–Crippen MR) is 71.2 cm³/mol. The smallest absolute Gasteiger partial charge is 0.0718 e. The second kappa shape index (κ2) is 5.68. The van der Waals surface area contributed by atoms with E-state index in [1.54, 1.807) is 0 Å². The zero-order valence-electron chi connectivity index (χ0n) is 11.5. The molecule has 1 N–H and O–H groups in total. The number of rotatable bonds is 3. The van der Waals surface area contributed by atoms with Gasteiger partial charge in [0, 0.05) is 12.6 Å². The second-order valence-electron chi connectivity index (χ2n) is 6.42. The summed E-state index contributed by atoms with van der Waals surface area (Å²) in [5.41, 5.74) is -0.544. The Morgan fingerprint density at radius 2 is 1.59 bits per heavy atom. The van der Waals surface area contributed by atoms with Crippen molar-refractivity contribution in [3.8, 4) is 0 Å². The number of β-amino-alcohol motifs (C(OH)–C–C–N with tert-alkyl or cyclic N) is 1. The number of aliphatic hydroxyl groups is 1. The van der Waals surface area contributed by atoms with E-state index in [9.17, 15) is 5.11 Å². The van der Waals surface area contributed by atoms with Crippen molar-refractivity contribution in [1.82, 2.24) is 9.80 Å². The zero-order chi connectivity index (χ0) is 12.3. The Balaban J connectivity index is 1.73. The molecule has 0 aliphatic carbocycles. The summed E-state index contributed by atoms with van der Waals surface area (Å²) in [4.78, 5) is 5.12. The maximum Gasteiger partial charge on any atom is 0.0718 e. The molecule has 0 amide bonds. The molecule has 2 aliphatic rings. The molecular weight excluding hydrogens is 212 g/mol. The van der Waals surface area contributed by atoms with Crippen LogP contribution in [-0.4, -0.2) is 59.3 Å². The van der Waals surface area contributed by atoms with Crippen LogP contribution in [0.15, 0.2) is 0 Å². The molecule has 0 unspecified atom stereocenters. The van der Waals surface area contributed by atoms with E-state index in [4.69, 9.17) is 0 Å². The first-order valence-electron chi connectivity index (χ1n) is 7.23. The molecule has 2 aliphatic heterocycles. The lowest BCUT2D eigenvalue weighted by molar-refractivity contribution is 0.0151. The van der Waals surface area contributed by atoms with Crippen molar-refractivity contribution in [2.24, 2.45) is 0 Å². The van der Waals surface area contributed by atoms with Gasteiger partial charge in [0.1, 0.15) is 0 Å². The Kier molecular flexibility index (Phi) is 4.45. The standard InChI is InChI=1S/C14H28N2O/c1-14(2,17)12-15-10-6-13(7-11-15)16-8-4-3-5-9-16/h13,17H,3-12H2,1-2H3. The van der Waals surface area contributed by atoms with Gasteiger partial charge in [-0.1, -0.05) is 6.42 Å². The minimum atomic E-state index is -0.544. The summed E-state index contributed by atoms with van der Waals surface area (Å²) < 4.78 is 0. The van der Waals surface area contributed by atoms with Crippen LogP contribution in [0.3, 0.4) is 0 Å². The molecule has 17 heavy (non-hydrogen) atoms. The van der Waals surface area contributed by atoms with Gasteiger partial charge in [0.15, 0.2) is 0 Å². The number of nitrogens with zero attached hydrogens (tertiary/aromatic N) is 2. The van der Waals surface area contributed by atoms with Gasteiger partial charge in [-0.25, -0.2) is 0 Å². The van der Waals surface area contributed by atoms with Crippen LogP contribution in [0.4, 0.5) is 0 Å². The van der Waals surface area contributed by atoms with Gasteiger partial charge in [0.2, 0.25) is 0 Å². The van der Waals surface area contributed by atoms with Gasteiger partial charge in [-0.3, -0.25) is 0 Å². The highest BCUT2D eigenvalue weighted by Gasteiger charge is 2.27. The predicted octanol–water partition coefficient (Wildman–Crippen LogP) is 1.71. The number of likely N-dealkylation sites (tertiary alicyclic amines) is 2. The Morgan fingerprint density at radius 3 is 2.12 bits per heavy atom. The fourth-order valence-corrected chi connectivity index (χ4v) is 3.27. The van der Waals surface area contributed by atoms with E-state index < -0.39 is 5.60 Å². The molecule has 0 bridgehead atoms. The molecular formula is C14H28N2O. The molecule has 0 aromatic rings. The lowest BCUT2D eigenvalue weighted by Crippen LogP contribution is -2.49. The molecule has 3 nitrogen and oxygen atoms in total. The van der Waals surface area contributed by atoms with Crippen molar-refractivity contribution in [2.45, 2.75) is 57.6 Å². The average Bonchev–Trinajstić information content (AvgIpc) is 2.29. The maximum atomic E-state index is 9.83. The van der Waals surface area contributed by atoms with Crippen LogP contribution in [0.1, 0.15) is 46.0 Å². The van der Waals surface area contributed by atoms with Crippen LogP contribution >= 0.6 is 0 Å². The Bertz CT molecular complexity index is 223. The number of hydrogen-bond acceptors (Lipinski definition) is 3. The van der Waals surface area contributed by atoms with Crippen LogP contribution in [0, 0.1) is 0 Å². The quantitative estimate of drug-likeness (QED) is 0.813. The Morgan fingerprint density at radius 1 is 1.00 bits per heavy atom. The van der Waals surface area contributed by atoms with Crippen molar-refractivity contribution < 1.29 is 5.11 Å². The van der Waals surface area contributed by atoms with E-state index >= 15 is 0 Å². The van der Waals surface area contributed by atoms with Gasteiger partial charge >= 0.3 is 0 Å². The molecule has 0 aromatic heterocycles. The van der Waals surface area contributed by atoms with Gasteiger partial charge in [-0.15, -0.1) is 0 Å². The first-order chi connectivity index (χ1) is 8.04. The Labute approximate surface area is 106 Å². The van der Waals surface area contributed by atoms with Crippen LogP contribution in [0.5, 0.6) is 0 Å². The van der Waals surface area contributed by atoms with Crippen LogP contribution in [0.2, 0.25) is 0 Å². The van der Waals surface area contributed by atoms with Crippen molar-refractivity contribution in [1.29, 1.82) is 0 Å². The van der Waals surface area contributed by atoms with E-state index in [0.717, 1.165) is 25.7 Å². The lowest BCUT2D eigenvalue weighted by atomic mass is 9.98. The van der Waals surface area contributed by atoms with Crippen molar-refractivity contribution in [3.05, 3.63) is 0 Å². The number of piperidine rings is 2. The van der Waals surface area contributed by atoms with Gasteiger partial charge in [-0.2, -0.15) is 0 Å². The van der Waals surface area contributed by atoms with Gasteiger partial charge in [0.05, 0.1) is 5.60 Å². The highest BCUT2D eigenvalue weighted by Crippen LogP contribution is 2.21. The summed E-state index contributed by atoms with van der Waals surface area (Å²) in [6.07, 6.45) is 6.79. The van der Waals surface area contributed by atoms with Crippen LogP contribution < -0.4 is 0 Å². The third-order valence-electron chi connectivity index (χ3n) is 4.07. The van der Waals surface area contributed by atoms with Gasteiger partial charge in [0.25, 0.3) is 0 Å². The summed E-state index contributed by atoms with van der Waals surface area (Å²) in [5, 5.41) is 9.83. The van der Waals surface area contributed by atoms with E-state index in [1.807, 2.05) is 13.8 Å². The molecule has 0 saturated carbocycles. The summed E-state index contributed by atoms with van der Waals surface area (Å²) in [7, 11) is 0. The largest absolute Gasteiger partial charge is 0.389 e. The van der Waals surface area contributed by atoms with Crippen molar-refractivity contribution in [2.75, 3.05) is 32.7 Å². The van der Waals surface area contributed by atoms with Crippen molar-refractivity contribution in [3.63, 3.8) is 0 Å². The van der Waals surface area contributed by atoms with E-state index in [2.05, 4.69) is 9.80 Å².